The van der Waals surface area contributed by atoms with Gasteiger partial charge >= 0.3 is 0 Å². The van der Waals surface area contributed by atoms with Crippen LogP contribution in [0.15, 0.2) is 47.4 Å². The summed E-state index contributed by atoms with van der Waals surface area (Å²) in [4.78, 5) is 13.2. The number of halogens is 1. The molecule has 2 aromatic rings. The number of aryl methyl sites for hydroxylation is 1. The maximum absolute atomic E-state index is 12.2. The molecule has 0 saturated heterocycles. The van der Waals surface area contributed by atoms with Crippen LogP contribution in [0, 0.1) is 6.92 Å². The molecule has 2 rings (SSSR count). The lowest BCUT2D eigenvalue weighted by atomic mass is 10.1. The minimum Gasteiger partial charge on any atom is -0.348 e. The molecule has 0 fully saturated rings. The van der Waals surface area contributed by atoms with Crippen LogP contribution >= 0.6 is 23.4 Å². The fourth-order valence-electron chi connectivity index (χ4n) is 1.91. The summed E-state index contributed by atoms with van der Waals surface area (Å²) in [6.45, 7) is 2.53. The molecule has 4 heteroatoms. The molecule has 0 bridgehead atoms. The van der Waals surface area contributed by atoms with E-state index < -0.39 is 0 Å². The fourth-order valence-corrected chi connectivity index (χ4v) is 2.55. The predicted molar refractivity (Wildman–Crippen MR) is 85.6 cm³/mol. The highest BCUT2D eigenvalue weighted by molar-refractivity contribution is 7.98. The van der Waals surface area contributed by atoms with Crippen molar-refractivity contribution in [3.05, 3.63) is 64.2 Å². The van der Waals surface area contributed by atoms with Gasteiger partial charge in [-0.05, 0) is 36.9 Å². The van der Waals surface area contributed by atoms with E-state index in [2.05, 4.69) is 11.4 Å². The monoisotopic (exact) mass is 305 g/mol. The summed E-state index contributed by atoms with van der Waals surface area (Å²) in [6, 6.07) is 13.5. The maximum atomic E-state index is 12.2. The third-order valence-electron chi connectivity index (χ3n) is 2.95. The zero-order valence-electron chi connectivity index (χ0n) is 11.4. The van der Waals surface area contributed by atoms with Crippen LogP contribution in [0.1, 0.15) is 21.5 Å². The van der Waals surface area contributed by atoms with E-state index >= 15 is 0 Å². The molecule has 0 spiro atoms. The number of amides is 1. The summed E-state index contributed by atoms with van der Waals surface area (Å²) in [6.07, 6.45) is 1.97. The number of benzene rings is 2. The van der Waals surface area contributed by atoms with Gasteiger partial charge in [-0.3, -0.25) is 4.79 Å². The molecule has 0 aliphatic carbocycles. The van der Waals surface area contributed by atoms with Crippen LogP contribution < -0.4 is 5.32 Å². The van der Waals surface area contributed by atoms with Gasteiger partial charge in [0.15, 0.2) is 0 Å². The Labute approximate surface area is 128 Å². The highest BCUT2D eigenvalue weighted by Crippen LogP contribution is 2.23. The van der Waals surface area contributed by atoms with E-state index in [1.807, 2.05) is 43.5 Å². The third kappa shape index (κ3) is 3.78. The molecule has 0 aromatic heterocycles. The van der Waals surface area contributed by atoms with Crippen LogP contribution in [-0.2, 0) is 6.54 Å². The van der Waals surface area contributed by atoms with Crippen molar-refractivity contribution in [1.29, 1.82) is 0 Å². The molecule has 0 unspecified atom stereocenters. The molecule has 0 radical (unpaired) electrons. The van der Waals surface area contributed by atoms with E-state index in [9.17, 15) is 4.79 Å². The number of thioether (sulfide) groups is 1. The lowest BCUT2D eigenvalue weighted by molar-refractivity contribution is 0.0951. The summed E-state index contributed by atoms with van der Waals surface area (Å²) in [5.41, 5.74) is 2.78. The summed E-state index contributed by atoms with van der Waals surface area (Å²) in [5, 5.41) is 3.38. The number of carbonyl (C=O) groups is 1. The highest BCUT2D eigenvalue weighted by Gasteiger charge is 2.10. The molecular formula is C16H16ClNOS. The standard InChI is InChI=1S/C16H16ClNOS/c1-11-4-3-5-12(8-11)10-18-16(19)14-9-13(20-2)6-7-15(14)17/h3-9H,10H2,1-2H3,(H,18,19). The zero-order chi connectivity index (χ0) is 14.5. The van der Waals surface area contributed by atoms with Crippen molar-refractivity contribution in [1.82, 2.24) is 5.32 Å². The van der Waals surface area contributed by atoms with Crippen LogP contribution in [0.25, 0.3) is 0 Å². The molecule has 1 amide bonds. The normalized spacial score (nSPS) is 10.3. The average Bonchev–Trinajstić information content (AvgIpc) is 2.45. The molecule has 2 nitrogen and oxygen atoms in total. The summed E-state index contributed by atoms with van der Waals surface area (Å²) >= 11 is 7.67. The Bertz CT molecular complexity index is 628. The van der Waals surface area contributed by atoms with Gasteiger partial charge in [0.1, 0.15) is 0 Å². The van der Waals surface area contributed by atoms with Crippen molar-refractivity contribution in [3.8, 4) is 0 Å². The fraction of sp³-hybridized carbons (Fsp3) is 0.188. The minimum atomic E-state index is -0.146. The van der Waals surface area contributed by atoms with Gasteiger partial charge in [0.2, 0.25) is 0 Å². The van der Waals surface area contributed by atoms with Gasteiger partial charge < -0.3 is 5.32 Å². The van der Waals surface area contributed by atoms with E-state index in [0.717, 1.165) is 10.5 Å². The van der Waals surface area contributed by atoms with Crippen molar-refractivity contribution >= 4 is 29.3 Å². The second kappa shape index (κ2) is 6.82. The molecule has 0 aliphatic heterocycles. The first-order chi connectivity index (χ1) is 9.60. The van der Waals surface area contributed by atoms with Crippen LogP contribution in [0.2, 0.25) is 5.02 Å². The Hall–Kier alpha value is -1.45. The molecule has 104 valence electrons. The molecule has 0 atom stereocenters. The Morgan fingerprint density at radius 2 is 2.05 bits per heavy atom. The van der Waals surface area contributed by atoms with Gasteiger partial charge in [0.05, 0.1) is 10.6 Å². The van der Waals surface area contributed by atoms with Gasteiger partial charge in [0, 0.05) is 11.4 Å². The number of nitrogens with one attached hydrogen (secondary N) is 1. The summed E-state index contributed by atoms with van der Waals surface area (Å²) in [5.74, 6) is -0.146. The number of hydrogen-bond donors (Lipinski definition) is 1. The van der Waals surface area contributed by atoms with Crippen molar-refractivity contribution in [2.45, 2.75) is 18.4 Å². The van der Waals surface area contributed by atoms with Crippen molar-refractivity contribution in [2.24, 2.45) is 0 Å². The van der Waals surface area contributed by atoms with E-state index in [1.54, 1.807) is 17.8 Å². The van der Waals surface area contributed by atoms with Gasteiger partial charge in [-0.25, -0.2) is 0 Å². The van der Waals surface area contributed by atoms with Gasteiger partial charge in [-0.2, -0.15) is 0 Å². The Morgan fingerprint density at radius 3 is 2.75 bits per heavy atom. The molecule has 0 saturated carbocycles. The second-order valence-corrected chi connectivity index (χ2v) is 5.80. The summed E-state index contributed by atoms with van der Waals surface area (Å²) < 4.78 is 0. The smallest absolute Gasteiger partial charge is 0.253 e. The van der Waals surface area contributed by atoms with Crippen molar-refractivity contribution < 1.29 is 4.79 Å². The van der Waals surface area contributed by atoms with Crippen LogP contribution in [0.3, 0.4) is 0 Å². The molecular weight excluding hydrogens is 290 g/mol. The first-order valence-electron chi connectivity index (χ1n) is 6.27. The number of hydrogen-bond acceptors (Lipinski definition) is 2. The SMILES string of the molecule is CSc1ccc(Cl)c(C(=O)NCc2cccc(C)c2)c1. The van der Waals surface area contributed by atoms with E-state index in [1.165, 1.54) is 5.56 Å². The maximum Gasteiger partial charge on any atom is 0.253 e. The average molecular weight is 306 g/mol. The first-order valence-corrected chi connectivity index (χ1v) is 7.87. The molecule has 2 aromatic carbocycles. The van der Waals surface area contributed by atoms with Crippen LogP contribution in [0.5, 0.6) is 0 Å². The highest BCUT2D eigenvalue weighted by atomic mass is 35.5. The first kappa shape index (κ1) is 14.9. The molecule has 0 heterocycles. The predicted octanol–water partition coefficient (Wildman–Crippen LogP) is 4.30. The third-order valence-corrected chi connectivity index (χ3v) is 4.01. The Balaban J connectivity index is 2.08. The van der Waals surface area contributed by atoms with Crippen molar-refractivity contribution in [2.75, 3.05) is 6.26 Å². The number of rotatable bonds is 4. The van der Waals surface area contributed by atoms with Crippen LogP contribution in [-0.4, -0.2) is 12.2 Å². The quantitative estimate of drug-likeness (QED) is 0.853. The molecule has 1 N–H and O–H groups in total. The lowest BCUT2D eigenvalue weighted by Gasteiger charge is -2.08. The van der Waals surface area contributed by atoms with E-state index in [4.69, 9.17) is 11.6 Å². The van der Waals surface area contributed by atoms with Crippen LogP contribution in [0.4, 0.5) is 0 Å². The topological polar surface area (TPSA) is 29.1 Å². The lowest BCUT2D eigenvalue weighted by Crippen LogP contribution is -2.23. The number of carbonyl (C=O) groups excluding carboxylic acids is 1. The van der Waals surface area contributed by atoms with Gasteiger partial charge in [0.25, 0.3) is 5.91 Å². The zero-order valence-corrected chi connectivity index (χ0v) is 13.0. The second-order valence-electron chi connectivity index (χ2n) is 4.52. The Kier molecular flexibility index (Phi) is 5.10. The van der Waals surface area contributed by atoms with E-state index in [-0.39, 0.29) is 5.91 Å². The van der Waals surface area contributed by atoms with Gasteiger partial charge in [-0.15, -0.1) is 11.8 Å². The summed E-state index contributed by atoms with van der Waals surface area (Å²) in [7, 11) is 0. The van der Waals surface area contributed by atoms with E-state index in [0.29, 0.717) is 17.1 Å². The minimum absolute atomic E-state index is 0.146. The molecule has 20 heavy (non-hydrogen) atoms. The Morgan fingerprint density at radius 1 is 1.25 bits per heavy atom. The molecule has 0 aliphatic rings. The van der Waals surface area contributed by atoms with Crippen molar-refractivity contribution in [3.63, 3.8) is 0 Å². The largest absolute Gasteiger partial charge is 0.348 e. The van der Waals surface area contributed by atoms with Gasteiger partial charge in [-0.1, -0.05) is 41.4 Å².